The fourth-order valence-electron chi connectivity index (χ4n) is 3.64. The Morgan fingerprint density at radius 1 is 1.06 bits per heavy atom. The standard InChI is InChI=1S/C24H19F2N3O2/c1-15-21(23(30)28-13-16-5-2-7-18(25)11-16)19-8-3-9-20(26)22(19)24(31)29(15)14-17-6-4-10-27-12-17/h2-12H,13-14H2,1H3,(H,28,30). The van der Waals surface area contributed by atoms with Gasteiger partial charge < -0.3 is 9.88 Å². The van der Waals surface area contributed by atoms with E-state index in [1.54, 1.807) is 49.6 Å². The zero-order valence-corrected chi connectivity index (χ0v) is 16.7. The zero-order valence-electron chi connectivity index (χ0n) is 16.7. The van der Waals surface area contributed by atoms with E-state index in [1.165, 1.54) is 28.8 Å². The number of pyridine rings is 2. The number of benzene rings is 2. The first-order chi connectivity index (χ1) is 15.0. The zero-order chi connectivity index (χ0) is 22.0. The van der Waals surface area contributed by atoms with E-state index in [2.05, 4.69) is 10.3 Å². The normalized spacial score (nSPS) is 10.9. The summed E-state index contributed by atoms with van der Waals surface area (Å²) in [5.74, 6) is -1.57. The number of carbonyl (C=O) groups excluding carboxylic acids is 1. The molecule has 1 amide bonds. The highest BCUT2D eigenvalue weighted by Gasteiger charge is 2.21. The molecule has 0 aliphatic heterocycles. The van der Waals surface area contributed by atoms with Gasteiger partial charge >= 0.3 is 0 Å². The molecule has 156 valence electrons. The highest BCUT2D eigenvalue weighted by molar-refractivity contribution is 6.07. The first-order valence-electron chi connectivity index (χ1n) is 9.69. The number of rotatable bonds is 5. The quantitative estimate of drug-likeness (QED) is 0.533. The topological polar surface area (TPSA) is 64.0 Å². The first kappa shape index (κ1) is 20.4. The molecule has 0 fully saturated rings. The van der Waals surface area contributed by atoms with Crippen LogP contribution in [0.4, 0.5) is 8.78 Å². The van der Waals surface area contributed by atoms with Crippen LogP contribution in [0.1, 0.15) is 27.2 Å². The number of hydrogen-bond acceptors (Lipinski definition) is 3. The van der Waals surface area contributed by atoms with Crippen LogP contribution in [0.2, 0.25) is 0 Å². The van der Waals surface area contributed by atoms with Gasteiger partial charge in [0.1, 0.15) is 11.6 Å². The third-order valence-electron chi connectivity index (χ3n) is 5.14. The molecule has 0 bridgehead atoms. The minimum Gasteiger partial charge on any atom is -0.348 e. The lowest BCUT2D eigenvalue weighted by Crippen LogP contribution is -2.31. The van der Waals surface area contributed by atoms with Gasteiger partial charge in [-0.2, -0.15) is 0 Å². The second-order valence-corrected chi connectivity index (χ2v) is 7.19. The first-order valence-corrected chi connectivity index (χ1v) is 9.69. The maximum absolute atomic E-state index is 14.6. The summed E-state index contributed by atoms with van der Waals surface area (Å²) in [6, 6.07) is 13.6. The molecule has 2 aromatic heterocycles. The molecule has 0 saturated carbocycles. The summed E-state index contributed by atoms with van der Waals surface area (Å²) in [6.07, 6.45) is 3.23. The van der Waals surface area contributed by atoms with Crippen molar-refractivity contribution in [2.24, 2.45) is 0 Å². The number of nitrogens with zero attached hydrogens (tertiary/aromatic N) is 2. The summed E-state index contributed by atoms with van der Waals surface area (Å²) >= 11 is 0. The van der Waals surface area contributed by atoms with Gasteiger partial charge in [-0.3, -0.25) is 14.6 Å². The molecule has 5 nitrogen and oxygen atoms in total. The summed E-state index contributed by atoms with van der Waals surface area (Å²) in [5.41, 5.74) is 1.42. The molecule has 0 saturated heterocycles. The van der Waals surface area contributed by atoms with Crippen molar-refractivity contribution in [3.05, 3.63) is 111 Å². The van der Waals surface area contributed by atoms with Crippen LogP contribution >= 0.6 is 0 Å². The van der Waals surface area contributed by atoms with E-state index in [0.29, 0.717) is 11.3 Å². The highest BCUT2D eigenvalue weighted by Crippen LogP contribution is 2.22. The van der Waals surface area contributed by atoms with Crippen LogP contribution in [0, 0.1) is 18.6 Å². The Hall–Kier alpha value is -3.87. The Balaban J connectivity index is 1.80. The van der Waals surface area contributed by atoms with Gasteiger partial charge in [-0.05, 0) is 42.3 Å². The molecular formula is C24H19F2N3O2. The monoisotopic (exact) mass is 419 g/mol. The predicted octanol–water partition coefficient (Wildman–Crippen LogP) is 3.96. The van der Waals surface area contributed by atoms with Gasteiger partial charge in [0.15, 0.2) is 0 Å². The summed E-state index contributed by atoms with van der Waals surface area (Å²) in [7, 11) is 0. The summed E-state index contributed by atoms with van der Waals surface area (Å²) in [5, 5.41) is 2.84. The average Bonchev–Trinajstić information content (AvgIpc) is 2.76. The van der Waals surface area contributed by atoms with Gasteiger partial charge in [0, 0.05) is 30.0 Å². The van der Waals surface area contributed by atoms with E-state index in [-0.39, 0.29) is 29.4 Å². The number of aromatic nitrogens is 2. The number of fused-ring (bicyclic) bond motifs is 1. The average molecular weight is 419 g/mol. The molecule has 0 spiro atoms. The van der Waals surface area contributed by atoms with Crippen LogP contribution < -0.4 is 10.9 Å². The molecule has 0 aliphatic carbocycles. The summed E-state index contributed by atoms with van der Waals surface area (Å²) in [4.78, 5) is 30.3. The molecule has 0 radical (unpaired) electrons. The van der Waals surface area contributed by atoms with Crippen LogP contribution in [0.25, 0.3) is 10.8 Å². The minimum absolute atomic E-state index is 0.0918. The number of amides is 1. The Morgan fingerprint density at radius 2 is 1.84 bits per heavy atom. The molecule has 7 heteroatoms. The molecular weight excluding hydrogens is 400 g/mol. The van der Waals surface area contributed by atoms with Crippen molar-refractivity contribution >= 4 is 16.7 Å². The fourth-order valence-corrected chi connectivity index (χ4v) is 3.64. The Labute approximate surface area is 177 Å². The molecule has 1 N–H and O–H groups in total. The van der Waals surface area contributed by atoms with E-state index < -0.39 is 23.1 Å². The van der Waals surface area contributed by atoms with Gasteiger partial charge in [0.25, 0.3) is 11.5 Å². The summed E-state index contributed by atoms with van der Waals surface area (Å²) < 4.78 is 29.4. The number of carbonyl (C=O) groups is 1. The lowest BCUT2D eigenvalue weighted by Gasteiger charge is -2.17. The van der Waals surface area contributed by atoms with E-state index in [9.17, 15) is 18.4 Å². The maximum atomic E-state index is 14.6. The predicted molar refractivity (Wildman–Crippen MR) is 114 cm³/mol. The van der Waals surface area contributed by atoms with Crippen LogP contribution in [0.5, 0.6) is 0 Å². The van der Waals surface area contributed by atoms with Crippen molar-refractivity contribution in [3.63, 3.8) is 0 Å². The van der Waals surface area contributed by atoms with Crippen LogP contribution in [-0.2, 0) is 13.1 Å². The molecule has 31 heavy (non-hydrogen) atoms. The molecule has 0 aliphatic rings. The largest absolute Gasteiger partial charge is 0.348 e. The Kier molecular flexibility index (Phi) is 5.58. The molecule has 0 unspecified atom stereocenters. The fraction of sp³-hybridized carbons (Fsp3) is 0.125. The lowest BCUT2D eigenvalue weighted by atomic mass is 10.0. The lowest BCUT2D eigenvalue weighted by molar-refractivity contribution is 0.0951. The van der Waals surface area contributed by atoms with Crippen molar-refractivity contribution in [3.8, 4) is 0 Å². The minimum atomic E-state index is -0.693. The number of halogens is 2. The van der Waals surface area contributed by atoms with Crippen LogP contribution in [0.15, 0.2) is 71.8 Å². The Bertz CT molecular complexity index is 1330. The van der Waals surface area contributed by atoms with Crippen molar-refractivity contribution in [2.75, 3.05) is 0 Å². The molecule has 4 rings (SSSR count). The van der Waals surface area contributed by atoms with Crippen molar-refractivity contribution in [1.29, 1.82) is 0 Å². The van der Waals surface area contributed by atoms with Gasteiger partial charge in [-0.15, -0.1) is 0 Å². The van der Waals surface area contributed by atoms with Crippen molar-refractivity contribution < 1.29 is 13.6 Å². The van der Waals surface area contributed by atoms with Crippen molar-refractivity contribution in [2.45, 2.75) is 20.0 Å². The third kappa shape index (κ3) is 4.07. The van der Waals surface area contributed by atoms with Crippen molar-refractivity contribution in [1.82, 2.24) is 14.9 Å². The molecule has 2 heterocycles. The van der Waals surface area contributed by atoms with E-state index >= 15 is 0 Å². The Morgan fingerprint density at radius 3 is 2.58 bits per heavy atom. The molecule has 4 aromatic rings. The maximum Gasteiger partial charge on any atom is 0.261 e. The third-order valence-corrected chi connectivity index (χ3v) is 5.14. The van der Waals surface area contributed by atoms with Gasteiger partial charge in [0.05, 0.1) is 17.5 Å². The van der Waals surface area contributed by atoms with E-state index in [4.69, 9.17) is 0 Å². The SMILES string of the molecule is Cc1c(C(=O)NCc2cccc(F)c2)c2cccc(F)c2c(=O)n1Cc1cccnc1. The number of hydrogen-bond donors (Lipinski definition) is 1. The van der Waals surface area contributed by atoms with Crippen LogP contribution in [0.3, 0.4) is 0 Å². The van der Waals surface area contributed by atoms with E-state index in [1.807, 2.05) is 0 Å². The molecule has 2 aromatic carbocycles. The second-order valence-electron chi connectivity index (χ2n) is 7.19. The van der Waals surface area contributed by atoms with Gasteiger partial charge in [0.2, 0.25) is 0 Å². The highest BCUT2D eigenvalue weighted by atomic mass is 19.1. The molecule has 0 atom stereocenters. The van der Waals surface area contributed by atoms with Gasteiger partial charge in [-0.1, -0.05) is 30.3 Å². The summed E-state index contributed by atoms with van der Waals surface area (Å²) in [6.45, 7) is 1.89. The van der Waals surface area contributed by atoms with Gasteiger partial charge in [-0.25, -0.2) is 8.78 Å². The van der Waals surface area contributed by atoms with E-state index in [0.717, 1.165) is 5.56 Å². The number of nitrogens with one attached hydrogen (secondary N) is 1. The second kappa shape index (κ2) is 8.47. The van der Waals surface area contributed by atoms with Crippen LogP contribution in [-0.4, -0.2) is 15.5 Å². The smallest absolute Gasteiger partial charge is 0.261 e.